The molecule has 0 aromatic carbocycles. The summed E-state index contributed by atoms with van der Waals surface area (Å²) in [5.41, 5.74) is 1.23. The lowest BCUT2D eigenvalue weighted by molar-refractivity contribution is -0.249. The van der Waals surface area contributed by atoms with Gasteiger partial charge in [0.1, 0.15) is 0 Å². The summed E-state index contributed by atoms with van der Waals surface area (Å²) >= 11 is 0. The monoisotopic (exact) mass is 528 g/mol. The molecular weight excluding hydrogens is 476 g/mol. The SMILES string of the molecule is C=C(C)C1CC[C@]2(C(=O)OCOC(C)=O)CC[C@]3(C)[C@H](CC[C@@H]4[C@@]5(C)CC[C@H](O)C(C)(C)C5CC[C@]43C)C12. The smallest absolute Gasteiger partial charge is 0.315 e. The van der Waals surface area contributed by atoms with Gasteiger partial charge in [-0.2, -0.15) is 0 Å². The second-order valence-corrected chi connectivity index (χ2v) is 15.4. The van der Waals surface area contributed by atoms with Gasteiger partial charge in [0.2, 0.25) is 6.79 Å². The number of hydrogen-bond acceptors (Lipinski definition) is 5. The quantitative estimate of drug-likeness (QED) is 0.240. The van der Waals surface area contributed by atoms with E-state index in [4.69, 9.17) is 9.47 Å². The Morgan fingerprint density at radius 3 is 2.18 bits per heavy atom. The molecule has 0 amide bonds. The van der Waals surface area contributed by atoms with Crippen LogP contribution in [0.2, 0.25) is 0 Å². The zero-order chi connectivity index (χ0) is 27.9. The van der Waals surface area contributed by atoms with E-state index >= 15 is 0 Å². The molecule has 3 unspecified atom stereocenters. The lowest BCUT2D eigenvalue weighted by atomic mass is 9.32. The maximum Gasteiger partial charge on any atom is 0.315 e. The number of aliphatic hydroxyl groups is 1. The Bertz CT molecular complexity index is 1000. The normalized spacial score (nSPS) is 49.1. The van der Waals surface area contributed by atoms with Crippen LogP contribution in [0.5, 0.6) is 0 Å². The van der Waals surface area contributed by atoms with E-state index in [-0.39, 0.29) is 46.4 Å². The van der Waals surface area contributed by atoms with Crippen LogP contribution in [-0.2, 0) is 19.1 Å². The van der Waals surface area contributed by atoms with E-state index in [1.807, 2.05) is 0 Å². The Labute approximate surface area is 230 Å². The van der Waals surface area contributed by atoms with Crippen LogP contribution in [0.1, 0.15) is 113 Å². The molecule has 0 aromatic heterocycles. The summed E-state index contributed by atoms with van der Waals surface area (Å²) in [7, 11) is 0. The van der Waals surface area contributed by atoms with Gasteiger partial charge in [0.25, 0.3) is 0 Å². The molecule has 0 saturated heterocycles. The fourth-order valence-electron chi connectivity index (χ4n) is 11.8. The number of fused-ring (bicyclic) bond motifs is 7. The van der Waals surface area contributed by atoms with Crippen molar-refractivity contribution >= 4 is 11.9 Å². The minimum atomic E-state index is -0.505. The number of carbonyl (C=O) groups excluding carboxylic acids is 2. The molecule has 38 heavy (non-hydrogen) atoms. The number of allylic oxidation sites excluding steroid dienone is 1. The van der Waals surface area contributed by atoms with Crippen molar-refractivity contribution in [1.29, 1.82) is 0 Å². The van der Waals surface area contributed by atoms with Gasteiger partial charge in [-0.25, -0.2) is 0 Å². The van der Waals surface area contributed by atoms with Gasteiger partial charge in [0.05, 0.1) is 11.5 Å². The predicted molar refractivity (Wildman–Crippen MR) is 148 cm³/mol. The third kappa shape index (κ3) is 3.65. The Hall–Kier alpha value is -1.36. The zero-order valence-electron chi connectivity index (χ0n) is 25.0. The molecule has 5 nitrogen and oxygen atoms in total. The van der Waals surface area contributed by atoms with Crippen LogP contribution >= 0.6 is 0 Å². The van der Waals surface area contributed by atoms with E-state index in [1.165, 1.54) is 31.8 Å². The lowest BCUT2D eigenvalue weighted by Crippen LogP contribution is -2.67. The Kier molecular flexibility index (Phi) is 6.73. The average Bonchev–Trinajstić information content (AvgIpc) is 3.23. The van der Waals surface area contributed by atoms with E-state index in [1.54, 1.807) is 0 Å². The van der Waals surface area contributed by atoms with Gasteiger partial charge < -0.3 is 14.6 Å². The van der Waals surface area contributed by atoms with Gasteiger partial charge in [-0.3, -0.25) is 9.59 Å². The number of aliphatic hydroxyl groups excluding tert-OH is 1. The van der Waals surface area contributed by atoms with Crippen molar-refractivity contribution in [2.24, 2.45) is 56.7 Å². The maximum absolute atomic E-state index is 13.8. The van der Waals surface area contributed by atoms with Crippen LogP contribution in [0, 0.1) is 56.7 Å². The number of ether oxygens (including phenoxy) is 2. The topological polar surface area (TPSA) is 72.8 Å². The predicted octanol–water partition coefficient (Wildman–Crippen LogP) is 7.07. The second-order valence-electron chi connectivity index (χ2n) is 15.4. The molecule has 0 aromatic rings. The molecule has 0 radical (unpaired) electrons. The summed E-state index contributed by atoms with van der Waals surface area (Å²) in [6, 6.07) is 0. The van der Waals surface area contributed by atoms with Crippen molar-refractivity contribution in [2.75, 3.05) is 6.79 Å². The van der Waals surface area contributed by atoms with Crippen LogP contribution < -0.4 is 0 Å². The third-order valence-corrected chi connectivity index (χ3v) is 13.9. The Balaban J connectivity index is 1.50. The molecule has 0 spiro atoms. The fourth-order valence-corrected chi connectivity index (χ4v) is 11.8. The summed E-state index contributed by atoms with van der Waals surface area (Å²) < 4.78 is 10.7. The first kappa shape index (κ1) is 28.2. The maximum atomic E-state index is 13.8. The van der Waals surface area contributed by atoms with Gasteiger partial charge >= 0.3 is 11.9 Å². The molecule has 5 aliphatic carbocycles. The van der Waals surface area contributed by atoms with Crippen LogP contribution in [0.15, 0.2) is 12.2 Å². The molecule has 10 atom stereocenters. The van der Waals surface area contributed by atoms with Gasteiger partial charge in [-0.1, -0.05) is 46.8 Å². The molecule has 5 saturated carbocycles. The molecule has 1 N–H and O–H groups in total. The molecule has 5 fully saturated rings. The highest BCUT2D eigenvalue weighted by Crippen LogP contribution is 2.77. The highest BCUT2D eigenvalue weighted by atomic mass is 16.7. The molecule has 5 rings (SSSR count). The number of rotatable bonds is 4. The van der Waals surface area contributed by atoms with Gasteiger partial charge in [0, 0.05) is 6.92 Å². The minimum Gasteiger partial charge on any atom is -0.428 e. The van der Waals surface area contributed by atoms with E-state index in [0.29, 0.717) is 23.7 Å². The summed E-state index contributed by atoms with van der Waals surface area (Å²) in [6.45, 7) is 19.9. The van der Waals surface area contributed by atoms with E-state index in [9.17, 15) is 14.7 Å². The zero-order valence-corrected chi connectivity index (χ0v) is 25.0. The van der Waals surface area contributed by atoms with Crippen LogP contribution in [0.25, 0.3) is 0 Å². The van der Waals surface area contributed by atoms with Crippen LogP contribution in [0.4, 0.5) is 0 Å². The van der Waals surface area contributed by atoms with E-state index < -0.39 is 11.4 Å². The molecule has 214 valence electrons. The molecule has 5 aliphatic rings. The lowest BCUT2D eigenvalue weighted by Gasteiger charge is -2.72. The van der Waals surface area contributed by atoms with Crippen molar-refractivity contribution in [3.63, 3.8) is 0 Å². The van der Waals surface area contributed by atoms with Crippen molar-refractivity contribution < 1.29 is 24.2 Å². The number of carbonyl (C=O) groups is 2. The first-order valence-electron chi connectivity index (χ1n) is 15.3. The van der Waals surface area contributed by atoms with Crippen molar-refractivity contribution in [3.05, 3.63) is 12.2 Å². The highest BCUT2D eigenvalue weighted by Gasteiger charge is 2.72. The summed E-state index contributed by atoms with van der Waals surface area (Å²) in [5, 5.41) is 11.0. The van der Waals surface area contributed by atoms with Crippen molar-refractivity contribution in [3.8, 4) is 0 Å². The standard InChI is InChI=1S/C33H52O5/c1-20(2)22-11-16-33(28(36)38-19-37-21(3)34)18-17-31(7)23(27(22)33)9-10-25-30(6)14-13-26(35)29(4,5)24(30)12-15-32(25,31)8/h22-27,35H,1,9-19H2,2-8H3/t22?,23-,24?,25-,26+,27?,30+,31-,32-,33+/m1/s1. The molecule has 0 bridgehead atoms. The molecule has 0 aliphatic heterocycles. The second kappa shape index (κ2) is 9.08. The summed E-state index contributed by atoms with van der Waals surface area (Å²) in [4.78, 5) is 25.1. The van der Waals surface area contributed by atoms with Gasteiger partial charge in [-0.05, 0) is 122 Å². The molecule has 0 heterocycles. The fraction of sp³-hybridized carbons (Fsp3) is 0.879. The Morgan fingerprint density at radius 2 is 1.53 bits per heavy atom. The first-order chi connectivity index (χ1) is 17.6. The number of esters is 2. The summed E-state index contributed by atoms with van der Waals surface area (Å²) in [6.07, 6.45) is 10.3. The largest absolute Gasteiger partial charge is 0.428 e. The molecule has 5 heteroatoms. The summed E-state index contributed by atoms with van der Waals surface area (Å²) in [5.74, 6) is 1.60. The van der Waals surface area contributed by atoms with Crippen LogP contribution in [-0.4, -0.2) is 29.9 Å². The third-order valence-electron chi connectivity index (χ3n) is 13.9. The van der Waals surface area contributed by atoms with Gasteiger partial charge in [-0.15, -0.1) is 0 Å². The molecular formula is C33H52O5. The van der Waals surface area contributed by atoms with Crippen molar-refractivity contribution in [2.45, 2.75) is 119 Å². The van der Waals surface area contributed by atoms with E-state index in [2.05, 4.69) is 48.1 Å². The minimum absolute atomic E-state index is 0.0456. The number of hydrogen-bond donors (Lipinski definition) is 1. The van der Waals surface area contributed by atoms with E-state index in [0.717, 1.165) is 44.9 Å². The van der Waals surface area contributed by atoms with Gasteiger partial charge in [0.15, 0.2) is 0 Å². The first-order valence-corrected chi connectivity index (χ1v) is 15.3. The average molecular weight is 529 g/mol. The highest BCUT2D eigenvalue weighted by molar-refractivity contribution is 5.78. The Morgan fingerprint density at radius 1 is 0.816 bits per heavy atom. The van der Waals surface area contributed by atoms with Crippen molar-refractivity contribution in [1.82, 2.24) is 0 Å². The van der Waals surface area contributed by atoms with Crippen LogP contribution in [0.3, 0.4) is 0 Å².